The second kappa shape index (κ2) is 1.94. The third kappa shape index (κ3) is 0.883. The van der Waals surface area contributed by atoms with Gasteiger partial charge in [-0.15, -0.1) is 0 Å². The van der Waals surface area contributed by atoms with Gasteiger partial charge in [-0.1, -0.05) is 0 Å². The fourth-order valence-electron chi connectivity index (χ4n) is 1.44. The molecule has 0 nitrogen and oxygen atoms in total. The van der Waals surface area contributed by atoms with Gasteiger partial charge in [0.15, 0.2) is 0 Å². The van der Waals surface area contributed by atoms with Crippen LogP contribution in [0.2, 0.25) is 0 Å². The molecule has 2 aliphatic rings. The summed E-state index contributed by atoms with van der Waals surface area (Å²) in [6.45, 7) is 0. The molecule has 1 saturated heterocycles. The molecule has 0 radical (unpaired) electrons. The summed E-state index contributed by atoms with van der Waals surface area (Å²) >= 11 is 2.21. The summed E-state index contributed by atoms with van der Waals surface area (Å²) in [5.74, 6) is 2.60. The van der Waals surface area contributed by atoms with Gasteiger partial charge in [0.2, 0.25) is 0 Å². The van der Waals surface area contributed by atoms with Crippen molar-refractivity contribution in [2.24, 2.45) is 5.92 Å². The van der Waals surface area contributed by atoms with Gasteiger partial charge in [-0.05, 0) is 37.4 Å². The number of rotatable bonds is 1. The van der Waals surface area contributed by atoms with E-state index in [0.717, 1.165) is 11.2 Å². The van der Waals surface area contributed by atoms with Crippen molar-refractivity contribution in [1.82, 2.24) is 0 Å². The Labute approximate surface area is 55.0 Å². The van der Waals surface area contributed by atoms with Crippen LogP contribution in [0.5, 0.6) is 0 Å². The Morgan fingerprint density at radius 2 is 2.00 bits per heavy atom. The number of thioether (sulfide) groups is 1. The van der Waals surface area contributed by atoms with Crippen LogP contribution in [0.15, 0.2) is 0 Å². The van der Waals surface area contributed by atoms with Gasteiger partial charge in [0.1, 0.15) is 0 Å². The van der Waals surface area contributed by atoms with Crippen molar-refractivity contribution >= 4 is 11.8 Å². The lowest BCUT2D eigenvalue weighted by atomic mass is 10.2. The zero-order valence-corrected chi connectivity index (χ0v) is 5.91. The van der Waals surface area contributed by atoms with Crippen LogP contribution in [0.4, 0.5) is 0 Å². The molecule has 1 unspecified atom stereocenters. The van der Waals surface area contributed by atoms with Gasteiger partial charge in [-0.3, -0.25) is 0 Å². The molecule has 1 heteroatoms. The van der Waals surface area contributed by atoms with E-state index in [0.29, 0.717) is 0 Å². The van der Waals surface area contributed by atoms with E-state index in [9.17, 15) is 0 Å². The maximum absolute atomic E-state index is 2.21. The van der Waals surface area contributed by atoms with Gasteiger partial charge in [-0.25, -0.2) is 0 Å². The van der Waals surface area contributed by atoms with Gasteiger partial charge >= 0.3 is 0 Å². The third-order valence-electron chi connectivity index (χ3n) is 2.11. The summed E-state index contributed by atoms with van der Waals surface area (Å²) < 4.78 is 0. The fraction of sp³-hybridized carbons (Fsp3) is 1.00. The van der Waals surface area contributed by atoms with Crippen LogP contribution in [-0.4, -0.2) is 11.0 Å². The quantitative estimate of drug-likeness (QED) is 0.522. The minimum atomic E-state index is 1.09. The summed E-state index contributed by atoms with van der Waals surface area (Å²) in [6, 6.07) is 0. The predicted octanol–water partition coefficient (Wildman–Crippen LogP) is 2.29. The lowest BCUT2D eigenvalue weighted by Crippen LogP contribution is -1.97. The van der Waals surface area contributed by atoms with E-state index < -0.39 is 0 Å². The molecular weight excluding hydrogens is 116 g/mol. The van der Waals surface area contributed by atoms with E-state index >= 15 is 0 Å². The lowest BCUT2D eigenvalue weighted by molar-refractivity contribution is 0.707. The Kier molecular flexibility index (Phi) is 1.25. The molecule has 2 rings (SSSR count). The first-order valence-corrected chi connectivity index (χ1v) is 4.63. The molecule has 2 fully saturated rings. The average Bonchev–Trinajstić information content (AvgIpc) is 2.49. The molecule has 1 atom stereocenters. The summed E-state index contributed by atoms with van der Waals surface area (Å²) in [5.41, 5.74) is 0. The van der Waals surface area contributed by atoms with Crippen LogP contribution in [0.3, 0.4) is 0 Å². The van der Waals surface area contributed by atoms with Crippen LogP contribution < -0.4 is 0 Å². The van der Waals surface area contributed by atoms with Gasteiger partial charge in [-0.2, -0.15) is 11.8 Å². The van der Waals surface area contributed by atoms with Crippen LogP contribution in [0.25, 0.3) is 0 Å². The topological polar surface area (TPSA) is 0 Å². The van der Waals surface area contributed by atoms with E-state index in [-0.39, 0.29) is 0 Å². The minimum Gasteiger partial charge on any atom is -0.158 e. The number of hydrogen-bond donors (Lipinski definition) is 0. The van der Waals surface area contributed by atoms with Crippen LogP contribution in [-0.2, 0) is 0 Å². The minimum absolute atomic E-state index is 1.09. The van der Waals surface area contributed by atoms with E-state index in [2.05, 4.69) is 11.8 Å². The van der Waals surface area contributed by atoms with Gasteiger partial charge in [0, 0.05) is 5.25 Å². The monoisotopic (exact) mass is 128 g/mol. The van der Waals surface area contributed by atoms with Crippen molar-refractivity contribution in [3.8, 4) is 0 Å². The van der Waals surface area contributed by atoms with Crippen LogP contribution in [0, 0.1) is 5.92 Å². The average molecular weight is 128 g/mol. The first-order valence-electron chi connectivity index (χ1n) is 3.58. The normalized spacial score (nSPS) is 38.2. The van der Waals surface area contributed by atoms with Gasteiger partial charge in [0.25, 0.3) is 0 Å². The van der Waals surface area contributed by atoms with Crippen LogP contribution in [0.1, 0.15) is 25.7 Å². The first kappa shape index (κ1) is 5.16. The molecule has 0 N–H and O–H groups in total. The maximum Gasteiger partial charge on any atom is 0.00756 e. The highest BCUT2D eigenvalue weighted by Gasteiger charge is 2.33. The van der Waals surface area contributed by atoms with Crippen molar-refractivity contribution in [2.75, 3.05) is 5.75 Å². The molecule has 0 aromatic heterocycles. The van der Waals surface area contributed by atoms with Crippen LogP contribution >= 0.6 is 11.8 Å². The Morgan fingerprint density at radius 3 is 2.50 bits per heavy atom. The largest absolute Gasteiger partial charge is 0.158 e. The molecule has 8 heavy (non-hydrogen) atoms. The maximum atomic E-state index is 2.21. The van der Waals surface area contributed by atoms with Crippen molar-refractivity contribution in [3.63, 3.8) is 0 Å². The molecule has 0 bridgehead atoms. The molecule has 1 aliphatic carbocycles. The molecule has 0 amide bonds. The summed E-state index contributed by atoms with van der Waals surface area (Å²) in [5, 5.41) is 1.09. The second-order valence-electron chi connectivity index (χ2n) is 2.89. The molecule has 1 saturated carbocycles. The van der Waals surface area contributed by atoms with Gasteiger partial charge < -0.3 is 0 Å². The highest BCUT2D eigenvalue weighted by Crippen LogP contribution is 2.44. The highest BCUT2D eigenvalue weighted by atomic mass is 32.2. The smallest absolute Gasteiger partial charge is 0.00756 e. The SMILES string of the molecule is C1CSC(C2CC2)C1. The molecule has 46 valence electrons. The fourth-order valence-corrected chi connectivity index (χ4v) is 2.96. The lowest BCUT2D eigenvalue weighted by Gasteiger charge is -2.02. The first-order chi connectivity index (χ1) is 3.97. The molecule has 1 aliphatic heterocycles. The predicted molar refractivity (Wildman–Crippen MR) is 38.2 cm³/mol. The molecule has 0 spiro atoms. The zero-order valence-electron chi connectivity index (χ0n) is 5.10. The Hall–Kier alpha value is 0.350. The van der Waals surface area contributed by atoms with E-state index in [1.807, 2.05) is 0 Å². The number of hydrogen-bond acceptors (Lipinski definition) is 1. The third-order valence-corrected chi connectivity index (χ3v) is 3.69. The molecular formula is C7H12S. The Balaban J connectivity index is 1.86. The zero-order chi connectivity index (χ0) is 5.40. The Morgan fingerprint density at radius 1 is 1.12 bits per heavy atom. The van der Waals surface area contributed by atoms with E-state index in [1.54, 1.807) is 0 Å². The van der Waals surface area contributed by atoms with Crippen molar-refractivity contribution in [3.05, 3.63) is 0 Å². The molecule has 1 heterocycles. The summed E-state index contributed by atoms with van der Waals surface area (Å²) in [7, 11) is 0. The highest BCUT2D eigenvalue weighted by molar-refractivity contribution is 8.00. The van der Waals surface area contributed by atoms with E-state index in [4.69, 9.17) is 0 Å². The van der Waals surface area contributed by atoms with Gasteiger partial charge in [0.05, 0.1) is 0 Å². The Bertz CT molecular complexity index is 80.4. The summed E-state index contributed by atoms with van der Waals surface area (Å²) in [6.07, 6.45) is 6.09. The van der Waals surface area contributed by atoms with Crippen molar-refractivity contribution in [2.45, 2.75) is 30.9 Å². The van der Waals surface area contributed by atoms with Crippen molar-refractivity contribution < 1.29 is 0 Å². The summed E-state index contributed by atoms with van der Waals surface area (Å²) in [4.78, 5) is 0. The van der Waals surface area contributed by atoms with E-state index in [1.165, 1.54) is 31.4 Å². The molecule has 0 aromatic rings. The molecule has 0 aromatic carbocycles. The van der Waals surface area contributed by atoms with Crippen molar-refractivity contribution in [1.29, 1.82) is 0 Å². The second-order valence-corrected chi connectivity index (χ2v) is 4.24. The standard InChI is InChI=1S/C7H12S/c1-2-7(8-5-1)6-3-4-6/h6-7H,1-5H2.